The number of alkyl halides is 1. The van der Waals surface area contributed by atoms with E-state index in [1.54, 1.807) is 0 Å². The van der Waals surface area contributed by atoms with Crippen LogP contribution in [0, 0.1) is 6.92 Å². The number of ether oxygens (including phenoxy) is 1. The molecule has 1 aromatic heterocycles. The number of aromatic nitrogens is 2. The first-order valence-corrected chi connectivity index (χ1v) is 5.77. The Hall–Kier alpha value is -0.390. The molecule has 14 heavy (non-hydrogen) atoms. The molecule has 1 aromatic rings. The van der Waals surface area contributed by atoms with Crippen molar-refractivity contribution in [1.82, 2.24) is 9.36 Å². The van der Waals surface area contributed by atoms with Gasteiger partial charge >= 0.3 is 0 Å². The van der Waals surface area contributed by atoms with Gasteiger partial charge in [-0.2, -0.15) is 4.37 Å². The van der Waals surface area contributed by atoms with Crippen molar-refractivity contribution in [2.45, 2.75) is 18.9 Å². The van der Waals surface area contributed by atoms with Crippen LogP contribution < -0.4 is 5.32 Å². The zero-order valence-corrected chi connectivity index (χ0v) is 9.49. The Morgan fingerprint density at radius 3 is 3.07 bits per heavy atom. The van der Waals surface area contributed by atoms with Gasteiger partial charge in [-0.25, -0.2) is 4.98 Å². The van der Waals surface area contributed by atoms with Gasteiger partial charge in [-0.1, -0.05) is 0 Å². The zero-order valence-electron chi connectivity index (χ0n) is 7.92. The van der Waals surface area contributed by atoms with E-state index in [1.807, 2.05) is 6.92 Å². The summed E-state index contributed by atoms with van der Waals surface area (Å²) >= 11 is 7.30. The fourth-order valence-electron chi connectivity index (χ4n) is 1.42. The van der Waals surface area contributed by atoms with Crippen LogP contribution in [0.15, 0.2) is 0 Å². The minimum Gasteiger partial charge on any atom is -0.379 e. The van der Waals surface area contributed by atoms with E-state index in [0.717, 1.165) is 24.0 Å². The van der Waals surface area contributed by atoms with E-state index in [0.29, 0.717) is 12.5 Å². The Balaban J connectivity index is 2.08. The lowest BCUT2D eigenvalue weighted by Crippen LogP contribution is -2.40. The Morgan fingerprint density at radius 2 is 2.57 bits per heavy atom. The third kappa shape index (κ3) is 1.99. The maximum absolute atomic E-state index is 5.94. The molecule has 2 heterocycles. The van der Waals surface area contributed by atoms with Crippen molar-refractivity contribution in [3.05, 3.63) is 5.82 Å². The number of anilines is 1. The van der Waals surface area contributed by atoms with Crippen LogP contribution >= 0.6 is 23.1 Å². The van der Waals surface area contributed by atoms with Crippen LogP contribution in [0.5, 0.6) is 0 Å². The van der Waals surface area contributed by atoms with Gasteiger partial charge in [0, 0.05) is 24.0 Å². The van der Waals surface area contributed by atoms with Crippen molar-refractivity contribution in [2.24, 2.45) is 0 Å². The van der Waals surface area contributed by atoms with Crippen LogP contribution in [0.2, 0.25) is 0 Å². The molecule has 4 nitrogen and oxygen atoms in total. The topological polar surface area (TPSA) is 47.0 Å². The maximum Gasteiger partial charge on any atom is 0.203 e. The molecule has 6 heteroatoms. The summed E-state index contributed by atoms with van der Waals surface area (Å²) in [5, 5.41) is 4.14. The highest BCUT2D eigenvalue weighted by Gasteiger charge is 2.34. The van der Waals surface area contributed by atoms with Crippen molar-refractivity contribution in [1.29, 1.82) is 0 Å². The second-order valence-electron chi connectivity index (χ2n) is 3.49. The van der Waals surface area contributed by atoms with Gasteiger partial charge in [0.2, 0.25) is 5.13 Å². The Labute approximate surface area is 91.8 Å². The molecule has 1 fully saturated rings. The van der Waals surface area contributed by atoms with Crippen LogP contribution in [0.25, 0.3) is 0 Å². The van der Waals surface area contributed by atoms with Gasteiger partial charge in [0.1, 0.15) is 5.82 Å². The van der Waals surface area contributed by atoms with Gasteiger partial charge < -0.3 is 10.1 Å². The summed E-state index contributed by atoms with van der Waals surface area (Å²) in [4.78, 5) is 4.25. The molecule has 0 aliphatic carbocycles. The first-order valence-electron chi connectivity index (χ1n) is 4.46. The number of aryl methyl sites for hydroxylation is 1. The first kappa shape index (κ1) is 10.1. The van der Waals surface area contributed by atoms with Crippen LogP contribution in [0.3, 0.4) is 0 Å². The summed E-state index contributed by atoms with van der Waals surface area (Å²) in [6.07, 6.45) is 0.926. The maximum atomic E-state index is 5.94. The SMILES string of the molecule is Cc1nsc(NC2(CCl)CCOC2)n1. The molecule has 78 valence electrons. The normalized spacial score (nSPS) is 26.7. The number of nitrogens with zero attached hydrogens (tertiary/aromatic N) is 2. The van der Waals surface area contributed by atoms with E-state index in [-0.39, 0.29) is 5.54 Å². The molecule has 1 unspecified atom stereocenters. The number of rotatable bonds is 3. The van der Waals surface area contributed by atoms with E-state index in [9.17, 15) is 0 Å². The van der Waals surface area contributed by atoms with Gasteiger partial charge in [-0.15, -0.1) is 11.6 Å². The highest BCUT2D eigenvalue weighted by Crippen LogP contribution is 2.26. The van der Waals surface area contributed by atoms with Crippen molar-refractivity contribution < 1.29 is 4.74 Å². The number of nitrogens with one attached hydrogen (secondary N) is 1. The summed E-state index contributed by atoms with van der Waals surface area (Å²) in [6.45, 7) is 3.28. The van der Waals surface area contributed by atoms with Crippen molar-refractivity contribution in [3.63, 3.8) is 0 Å². The summed E-state index contributed by atoms with van der Waals surface area (Å²) in [7, 11) is 0. The molecule has 1 saturated heterocycles. The zero-order chi connectivity index (χ0) is 10.0. The van der Waals surface area contributed by atoms with Crippen LogP contribution in [-0.2, 0) is 4.74 Å². The van der Waals surface area contributed by atoms with Crippen LogP contribution in [0.1, 0.15) is 12.2 Å². The molecule has 0 aromatic carbocycles. The van der Waals surface area contributed by atoms with Crippen molar-refractivity contribution in [2.75, 3.05) is 24.4 Å². The highest BCUT2D eigenvalue weighted by atomic mass is 35.5. The molecule has 0 bridgehead atoms. The molecular weight excluding hydrogens is 222 g/mol. The molecule has 0 spiro atoms. The third-order valence-corrected chi connectivity index (χ3v) is 3.49. The lowest BCUT2D eigenvalue weighted by atomic mass is 10.0. The average Bonchev–Trinajstić information content (AvgIpc) is 2.77. The Bertz CT molecular complexity index is 311. The summed E-state index contributed by atoms with van der Waals surface area (Å²) in [6, 6.07) is 0. The van der Waals surface area contributed by atoms with E-state index in [4.69, 9.17) is 16.3 Å². The molecule has 0 radical (unpaired) electrons. The van der Waals surface area contributed by atoms with E-state index >= 15 is 0 Å². The van der Waals surface area contributed by atoms with Gasteiger partial charge in [0.05, 0.1) is 12.1 Å². The molecular formula is C8H12ClN3OS. The Morgan fingerprint density at radius 1 is 1.71 bits per heavy atom. The predicted octanol–water partition coefficient (Wildman–Crippen LogP) is 1.66. The van der Waals surface area contributed by atoms with Crippen molar-refractivity contribution in [3.8, 4) is 0 Å². The largest absolute Gasteiger partial charge is 0.379 e. The third-order valence-electron chi connectivity index (χ3n) is 2.26. The second-order valence-corrected chi connectivity index (χ2v) is 4.51. The van der Waals surface area contributed by atoms with Gasteiger partial charge in [0.15, 0.2) is 0 Å². The fourth-order valence-corrected chi connectivity index (χ4v) is 2.39. The van der Waals surface area contributed by atoms with Gasteiger partial charge in [-0.3, -0.25) is 0 Å². The lowest BCUT2D eigenvalue weighted by Gasteiger charge is -2.25. The summed E-state index contributed by atoms with van der Waals surface area (Å²) in [5.74, 6) is 1.33. The second kappa shape index (κ2) is 4.00. The highest BCUT2D eigenvalue weighted by molar-refractivity contribution is 7.09. The number of halogens is 1. The quantitative estimate of drug-likeness (QED) is 0.807. The average molecular weight is 234 g/mol. The van der Waals surface area contributed by atoms with Crippen LogP contribution in [-0.4, -0.2) is 34.0 Å². The number of hydrogen-bond acceptors (Lipinski definition) is 5. The summed E-state index contributed by atoms with van der Waals surface area (Å²) in [5.41, 5.74) is -0.145. The minimum absolute atomic E-state index is 0.145. The van der Waals surface area contributed by atoms with Gasteiger partial charge in [0.25, 0.3) is 0 Å². The van der Waals surface area contributed by atoms with Gasteiger partial charge in [-0.05, 0) is 13.3 Å². The monoisotopic (exact) mass is 233 g/mol. The molecule has 0 amide bonds. The standard InChI is InChI=1S/C8H12ClN3OS/c1-6-10-7(14-12-6)11-8(4-9)2-3-13-5-8/h2-5H2,1H3,(H,10,11,12). The fraction of sp³-hybridized carbons (Fsp3) is 0.750. The molecule has 1 N–H and O–H groups in total. The first-order chi connectivity index (χ1) is 6.74. The molecule has 2 rings (SSSR count). The van der Waals surface area contributed by atoms with Crippen molar-refractivity contribution >= 4 is 28.3 Å². The lowest BCUT2D eigenvalue weighted by molar-refractivity contribution is 0.185. The Kier molecular flexibility index (Phi) is 2.90. The minimum atomic E-state index is -0.145. The van der Waals surface area contributed by atoms with E-state index in [2.05, 4.69) is 14.7 Å². The van der Waals surface area contributed by atoms with E-state index < -0.39 is 0 Å². The molecule has 0 saturated carbocycles. The number of hydrogen-bond donors (Lipinski definition) is 1. The van der Waals surface area contributed by atoms with Crippen LogP contribution in [0.4, 0.5) is 5.13 Å². The summed E-state index contributed by atoms with van der Waals surface area (Å²) < 4.78 is 9.45. The smallest absolute Gasteiger partial charge is 0.203 e. The molecule has 1 atom stereocenters. The molecule has 1 aliphatic rings. The molecule has 1 aliphatic heterocycles. The van der Waals surface area contributed by atoms with E-state index in [1.165, 1.54) is 11.5 Å². The predicted molar refractivity (Wildman–Crippen MR) is 57.2 cm³/mol.